The Morgan fingerprint density at radius 2 is 1.65 bits per heavy atom. The van der Waals surface area contributed by atoms with Gasteiger partial charge < -0.3 is 15.3 Å². The van der Waals surface area contributed by atoms with Gasteiger partial charge in [0.25, 0.3) is 11.8 Å². The third-order valence-corrected chi connectivity index (χ3v) is 8.12. The first-order valence-corrected chi connectivity index (χ1v) is 14.0. The smallest absolute Gasteiger partial charge is 0.305 e. The number of carbonyl (C=O) groups excluding carboxylic acids is 2. The Morgan fingerprint density at radius 1 is 0.975 bits per heavy atom. The van der Waals surface area contributed by atoms with E-state index >= 15 is 0 Å². The molecule has 2 amide bonds. The summed E-state index contributed by atoms with van der Waals surface area (Å²) in [6.45, 7) is 2.66. The second-order valence-electron chi connectivity index (χ2n) is 10.8. The summed E-state index contributed by atoms with van der Waals surface area (Å²) in [6, 6.07) is 25.9. The van der Waals surface area contributed by atoms with Gasteiger partial charge in [0, 0.05) is 24.2 Å². The largest absolute Gasteiger partial charge is 0.481 e. The van der Waals surface area contributed by atoms with Crippen LogP contribution in [0, 0.1) is 6.92 Å². The van der Waals surface area contributed by atoms with Crippen LogP contribution in [-0.2, 0) is 16.0 Å². The summed E-state index contributed by atoms with van der Waals surface area (Å²) < 4.78 is 0. The van der Waals surface area contributed by atoms with Crippen molar-refractivity contribution < 1.29 is 19.5 Å². The van der Waals surface area contributed by atoms with Crippen molar-refractivity contribution >= 4 is 23.5 Å². The van der Waals surface area contributed by atoms with E-state index < -0.39 is 11.6 Å². The van der Waals surface area contributed by atoms with E-state index in [4.69, 9.17) is 10.1 Å². The van der Waals surface area contributed by atoms with Gasteiger partial charge in [0.2, 0.25) is 0 Å². The molecule has 0 radical (unpaired) electrons. The molecule has 1 spiro atoms. The standard InChI is InChI=1S/C33H35N3O4/c1-23-7-11-27(12-8-23)30-32(40)36(33(35-30)19-15-26(16-20-33)25-5-3-2-4-6-25)22-18-24-9-13-28(14-10-24)31(39)34-21-17-29(37)38/h2-14,26H,15-22H2,1H3,(H,34,39)(H,37,38). The van der Waals surface area contributed by atoms with Crippen molar-refractivity contribution in [2.45, 2.75) is 57.0 Å². The molecule has 0 aromatic heterocycles. The Kier molecular flexibility index (Phi) is 8.10. The van der Waals surface area contributed by atoms with Crippen molar-refractivity contribution in [2.75, 3.05) is 13.1 Å². The van der Waals surface area contributed by atoms with Gasteiger partial charge >= 0.3 is 5.97 Å². The van der Waals surface area contributed by atoms with Crippen molar-refractivity contribution in [1.82, 2.24) is 10.2 Å². The molecule has 0 bridgehead atoms. The normalized spacial score (nSPS) is 20.4. The van der Waals surface area contributed by atoms with Crippen molar-refractivity contribution in [2.24, 2.45) is 4.99 Å². The van der Waals surface area contributed by atoms with Gasteiger partial charge in [-0.1, -0.05) is 72.3 Å². The summed E-state index contributed by atoms with van der Waals surface area (Å²) in [5, 5.41) is 11.4. The van der Waals surface area contributed by atoms with Crippen LogP contribution in [0.5, 0.6) is 0 Å². The molecule has 3 aromatic carbocycles. The minimum Gasteiger partial charge on any atom is -0.481 e. The molecule has 0 unspecified atom stereocenters. The minimum absolute atomic E-state index is 0.0172. The molecule has 1 heterocycles. The number of nitrogens with one attached hydrogen (secondary N) is 1. The molecule has 7 heteroatoms. The quantitative estimate of drug-likeness (QED) is 0.395. The molecule has 206 valence electrons. The Hall–Kier alpha value is -4.26. The molecule has 1 saturated carbocycles. The van der Waals surface area contributed by atoms with Crippen LogP contribution in [0.2, 0.25) is 0 Å². The van der Waals surface area contributed by atoms with Crippen LogP contribution in [0.15, 0.2) is 83.9 Å². The number of nitrogens with zero attached hydrogens (tertiary/aromatic N) is 2. The summed E-state index contributed by atoms with van der Waals surface area (Å²) in [7, 11) is 0. The Balaban J connectivity index is 1.30. The number of carbonyl (C=O) groups is 3. The molecule has 1 aliphatic carbocycles. The van der Waals surface area contributed by atoms with E-state index in [-0.39, 0.29) is 24.8 Å². The molecule has 7 nitrogen and oxygen atoms in total. The first kappa shape index (κ1) is 27.3. The molecule has 2 N–H and O–H groups in total. The molecule has 3 aromatic rings. The van der Waals surface area contributed by atoms with E-state index in [2.05, 4.69) is 29.6 Å². The first-order chi connectivity index (χ1) is 19.3. The molecule has 0 saturated heterocycles. The van der Waals surface area contributed by atoms with Crippen molar-refractivity contribution in [3.8, 4) is 0 Å². The minimum atomic E-state index is -0.951. The first-order valence-electron chi connectivity index (χ1n) is 14.0. The fraction of sp³-hybridized carbons (Fsp3) is 0.333. The highest BCUT2D eigenvalue weighted by Crippen LogP contribution is 2.44. The van der Waals surface area contributed by atoms with Gasteiger partial charge in [-0.3, -0.25) is 19.4 Å². The van der Waals surface area contributed by atoms with Crippen LogP contribution in [0.4, 0.5) is 0 Å². The van der Waals surface area contributed by atoms with E-state index in [1.165, 1.54) is 5.56 Å². The zero-order valence-electron chi connectivity index (χ0n) is 22.8. The van der Waals surface area contributed by atoms with Crippen LogP contribution >= 0.6 is 0 Å². The highest BCUT2D eigenvalue weighted by molar-refractivity contribution is 6.46. The zero-order chi connectivity index (χ0) is 28.1. The lowest BCUT2D eigenvalue weighted by Gasteiger charge is -2.41. The van der Waals surface area contributed by atoms with Gasteiger partial charge in [0.15, 0.2) is 0 Å². The second kappa shape index (κ2) is 11.9. The van der Waals surface area contributed by atoms with Crippen LogP contribution < -0.4 is 5.32 Å². The Bertz CT molecular complexity index is 1390. The summed E-state index contributed by atoms with van der Waals surface area (Å²) in [6.07, 6.45) is 4.13. The monoisotopic (exact) mass is 537 g/mol. The summed E-state index contributed by atoms with van der Waals surface area (Å²) in [5.74, 6) is -0.797. The average molecular weight is 538 g/mol. The maximum atomic E-state index is 13.8. The van der Waals surface area contributed by atoms with Crippen LogP contribution in [0.25, 0.3) is 0 Å². The zero-order valence-corrected chi connectivity index (χ0v) is 22.8. The third kappa shape index (κ3) is 5.98. The fourth-order valence-electron chi connectivity index (χ4n) is 5.81. The number of aliphatic imine (C=N–C) groups is 1. The molecule has 1 fully saturated rings. The van der Waals surface area contributed by atoms with Crippen molar-refractivity contribution in [3.05, 3.63) is 107 Å². The average Bonchev–Trinajstić information content (AvgIpc) is 3.23. The molecule has 2 aliphatic rings. The van der Waals surface area contributed by atoms with E-state index in [0.717, 1.165) is 42.4 Å². The number of hydrogen-bond donors (Lipinski definition) is 2. The van der Waals surface area contributed by atoms with Crippen molar-refractivity contribution in [1.29, 1.82) is 0 Å². The van der Waals surface area contributed by atoms with E-state index in [1.54, 1.807) is 12.1 Å². The number of aliphatic carboxylic acids is 1. The number of carboxylic acids is 1. The van der Waals surface area contributed by atoms with Gasteiger partial charge in [-0.25, -0.2) is 0 Å². The molecular formula is C33H35N3O4. The Labute approximate surface area is 234 Å². The highest BCUT2D eigenvalue weighted by atomic mass is 16.4. The van der Waals surface area contributed by atoms with Crippen LogP contribution in [0.3, 0.4) is 0 Å². The van der Waals surface area contributed by atoms with E-state index in [1.807, 2.05) is 54.3 Å². The van der Waals surface area contributed by atoms with Gasteiger partial charge in [-0.05, 0) is 68.2 Å². The summed E-state index contributed by atoms with van der Waals surface area (Å²) in [4.78, 5) is 44.0. The van der Waals surface area contributed by atoms with Crippen molar-refractivity contribution in [3.63, 3.8) is 0 Å². The predicted molar refractivity (Wildman–Crippen MR) is 155 cm³/mol. The molecule has 40 heavy (non-hydrogen) atoms. The number of hydrogen-bond acceptors (Lipinski definition) is 4. The fourth-order valence-corrected chi connectivity index (χ4v) is 5.81. The van der Waals surface area contributed by atoms with E-state index in [0.29, 0.717) is 30.2 Å². The third-order valence-electron chi connectivity index (χ3n) is 8.12. The van der Waals surface area contributed by atoms with Gasteiger partial charge in [-0.15, -0.1) is 0 Å². The molecule has 5 rings (SSSR count). The molecular weight excluding hydrogens is 502 g/mol. The summed E-state index contributed by atoms with van der Waals surface area (Å²) >= 11 is 0. The Morgan fingerprint density at radius 3 is 2.30 bits per heavy atom. The second-order valence-corrected chi connectivity index (χ2v) is 10.8. The van der Waals surface area contributed by atoms with E-state index in [9.17, 15) is 14.4 Å². The molecule has 1 aliphatic heterocycles. The lowest BCUT2D eigenvalue weighted by atomic mass is 9.78. The highest BCUT2D eigenvalue weighted by Gasteiger charge is 2.48. The SMILES string of the molecule is Cc1ccc(C2=NC3(CCC(c4ccccc4)CC3)N(CCc3ccc(C(=O)NCCC(=O)O)cc3)C2=O)cc1. The maximum absolute atomic E-state index is 13.8. The molecule has 0 atom stereocenters. The predicted octanol–water partition coefficient (Wildman–Crippen LogP) is 5.13. The lowest BCUT2D eigenvalue weighted by Crippen LogP contribution is -2.49. The van der Waals surface area contributed by atoms with Crippen LogP contribution in [0.1, 0.15) is 70.6 Å². The maximum Gasteiger partial charge on any atom is 0.305 e. The van der Waals surface area contributed by atoms with Gasteiger partial charge in [-0.2, -0.15) is 0 Å². The lowest BCUT2D eigenvalue weighted by molar-refractivity contribution is -0.136. The van der Waals surface area contributed by atoms with Gasteiger partial charge in [0.05, 0.1) is 6.42 Å². The number of aryl methyl sites for hydroxylation is 1. The number of carboxylic acid groups (broad SMARTS) is 1. The number of amides is 2. The number of benzene rings is 3. The summed E-state index contributed by atoms with van der Waals surface area (Å²) in [5.41, 5.74) is 4.87. The van der Waals surface area contributed by atoms with Gasteiger partial charge in [0.1, 0.15) is 11.4 Å². The topological polar surface area (TPSA) is 99.1 Å². The number of rotatable bonds is 9. The van der Waals surface area contributed by atoms with Crippen LogP contribution in [-0.4, -0.2) is 52.3 Å².